The zero-order chi connectivity index (χ0) is 21.2. The van der Waals surface area contributed by atoms with E-state index in [0.29, 0.717) is 18.8 Å². The first-order valence-corrected chi connectivity index (χ1v) is 9.12. The zero-order valence-electron chi connectivity index (χ0n) is 19.6. The van der Waals surface area contributed by atoms with Gasteiger partial charge in [0.05, 0.1) is 47.7 Å². The Kier molecular flexibility index (Phi) is 22.0. The van der Waals surface area contributed by atoms with E-state index in [0.717, 1.165) is 28.5 Å². The van der Waals surface area contributed by atoms with E-state index in [1.165, 1.54) is 0 Å². The molecule has 0 aromatic heterocycles. The lowest BCUT2D eigenvalue weighted by Crippen LogP contribution is -3.00. The molecule has 0 aliphatic heterocycles. The number of carbonyl (C=O) groups is 2. The Labute approximate surface area is 185 Å². The molecule has 0 rings (SSSR count). The number of rotatable bonds is 9. The molecule has 0 heterocycles. The van der Waals surface area contributed by atoms with E-state index in [-0.39, 0.29) is 42.7 Å². The molecule has 0 amide bonds. The van der Waals surface area contributed by atoms with Crippen LogP contribution in [-0.4, -0.2) is 95.0 Å². The van der Waals surface area contributed by atoms with E-state index in [1.54, 1.807) is 6.92 Å². The Morgan fingerprint density at radius 2 is 1.24 bits per heavy atom. The van der Waals surface area contributed by atoms with E-state index in [1.807, 2.05) is 20.8 Å². The van der Waals surface area contributed by atoms with Crippen LogP contribution in [-0.2, 0) is 19.1 Å². The molecule has 0 aromatic carbocycles. The van der Waals surface area contributed by atoms with Gasteiger partial charge < -0.3 is 36.3 Å². The SMILES string of the molecule is C.C=C(C)C(=O)OCC[N+](C)(C)C.CCC(C)(C)C(=O)OCC[N+](C)(C)C.O.[Cl-]. The van der Waals surface area contributed by atoms with Crippen molar-refractivity contribution in [2.24, 2.45) is 5.41 Å². The van der Waals surface area contributed by atoms with Crippen molar-refractivity contribution in [2.75, 3.05) is 68.6 Å². The summed E-state index contributed by atoms with van der Waals surface area (Å²) in [7, 11) is 12.4. The number of nitrogens with zero attached hydrogens (tertiary/aromatic N) is 2. The van der Waals surface area contributed by atoms with Crippen molar-refractivity contribution in [3.05, 3.63) is 12.2 Å². The predicted molar refractivity (Wildman–Crippen MR) is 117 cm³/mol. The molecule has 0 bridgehead atoms. The number of ether oxygens (including phenoxy) is 2. The van der Waals surface area contributed by atoms with Gasteiger partial charge in [0.2, 0.25) is 0 Å². The Bertz CT molecular complexity index is 467. The molecule has 0 spiro atoms. The van der Waals surface area contributed by atoms with Gasteiger partial charge in [-0.1, -0.05) is 20.9 Å². The first kappa shape index (κ1) is 38.5. The van der Waals surface area contributed by atoms with Crippen LogP contribution in [0, 0.1) is 5.41 Å². The average molecular weight is 444 g/mol. The highest BCUT2D eigenvalue weighted by Gasteiger charge is 2.27. The Hall–Kier alpha value is -1.15. The van der Waals surface area contributed by atoms with Gasteiger partial charge in [-0.05, 0) is 27.2 Å². The Morgan fingerprint density at radius 3 is 1.52 bits per heavy atom. The first-order valence-electron chi connectivity index (χ1n) is 9.12. The molecule has 178 valence electrons. The van der Waals surface area contributed by atoms with Crippen molar-refractivity contribution < 1.29 is 45.9 Å². The maximum absolute atomic E-state index is 11.6. The average Bonchev–Trinajstić information content (AvgIpc) is 2.44. The van der Waals surface area contributed by atoms with Crippen LogP contribution >= 0.6 is 0 Å². The fourth-order valence-corrected chi connectivity index (χ4v) is 1.29. The van der Waals surface area contributed by atoms with Gasteiger partial charge in [0.25, 0.3) is 0 Å². The number of halogens is 1. The number of carbonyl (C=O) groups excluding carboxylic acids is 2. The lowest BCUT2D eigenvalue weighted by molar-refractivity contribution is -0.870. The van der Waals surface area contributed by atoms with Crippen LogP contribution in [0.15, 0.2) is 12.2 Å². The number of hydrogen-bond acceptors (Lipinski definition) is 4. The molecule has 0 fully saturated rings. The summed E-state index contributed by atoms with van der Waals surface area (Å²) in [6.45, 7) is 13.6. The van der Waals surface area contributed by atoms with Crippen LogP contribution in [0.2, 0.25) is 0 Å². The zero-order valence-corrected chi connectivity index (χ0v) is 20.4. The number of quaternary nitrogens is 2. The highest BCUT2D eigenvalue weighted by molar-refractivity contribution is 5.86. The molecule has 2 N–H and O–H groups in total. The molecule has 0 unspecified atom stereocenters. The van der Waals surface area contributed by atoms with Crippen LogP contribution in [0.25, 0.3) is 0 Å². The predicted octanol–water partition coefficient (Wildman–Crippen LogP) is -0.701. The highest BCUT2D eigenvalue weighted by Crippen LogP contribution is 2.21. The van der Waals surface area contributed by atoms with Gasteiger partial charge in [-0.2, -0.15) is 0 Å². The van der Waals surface area contributed by atoms with Gasteiger partial charge in [-0.3, -0.25) is 4.79 Å². The molecule has 0 aliphatic rings. The number of esters is 2. The Balaban J connectivity index is -0.000000121. The standard InChI is InChI=1S/C11H24NO2.C9H18NO2.CH4.ClH.H2O/c1-7-11(2,3)10(13)14-9-8-12(4,5)6;1-8(2)9(11)12-7-6-10(3,4)5;;;/h7-9H2,1-6H3;1,6-7H2,2-5H3;1H4;1H;1H2/q2*+1;;;/p-1. The fourth-order valence-electron chi connectivity index (χ4n) is 1.29. The molecular weight excluding hydrogens is 396 g/mol. The van der Waals surface area contributed by atoms with Crippen molar-refractivity contribution >= 4 is 11.9 Å². The van der Waals surface area contributed by atoms with E-state index in [2.05, 4.69) is 48.9 Å². The maximum atomic E-state index is 11.6. The van der Waals surface area contributed by atoms with Gasteiger partial charge in [0.15, 0.2) is 0 Å². The summed E-state index contributed by atoms with van der Waals surface area (Å²) in [4.78, 5) is 22.5. The quantitative estimate of drug-likeness (QED) is 0.268. The second-order valence-corrected chi connectivity index (χ2v) is 9.32. The first-order chi connectivity index (χ1) is 11.5. The minimum Gasteiger partial charge on any atom is -1.00 e. The maximum Gasteiger partial charge on any atom is 0.333 e. The second-order valence-electron chi connectivity index (χ2n) is 9.32. The summed E-state index contributed by atoms with van der Waals surface area (Å²) in [6.07, 6.45) is 0.816. The molecule has 0 aliphatic carbocycles. The van der Waals surface area contributed by atoms with Gasteiger partial charge in [-0.15, -0.1) is 0 Å². The van der Waals surface area contributed by atoms with Gasteiger partial charge in [0.1, 0.15) is 26.3 Å². The lowest BCUT2D eigenvalue weighted by Gasteiger charge is -2.25. The number of hydrogen-bond donors (Lipinski definition) is 0. The summed E-state index contributed by atoms with van der Waals surface area (Å²) in [5.74, 6) is -0.392. The van der Waals surface area contributed by atoms with Crippen LogP contribution in [0.3, 0.4) is 0 Å². The molecule has 7 nitrogen and oxygen atoms in total. The van der Waals surface area contributed by atoms with Crippen molar-refractivity contribution in [3.8, 4) is 0 Å². The molecular formula is C21H48ClN2O5+. The summed E-state index contributed by atoms with van der Waals surface area (Å²) in [5.41, 5.74) is 0.113. The van der Waals surface area contributed by atoms with Gasteiger partial charge >= 0.3 is 11.9 Å². The van der Waals surface area contributed by atoms with E-state index >= 15 is 0 Å². The smallest absolute Gasteiger partial charge is 0.333 e. The third kappa shape index (κ3) is 24.8. The van der Waals surface area contributed by atoms with Crippen molar-refractivity contribution in [3.63, 3.8) is 0 Å². The highest BCUT2D eigenvalue weighted by atomic mass is 35.5. The summed E-state index contributed by atoms with van der Waals surface area (Å²) < 4.78 is 11.8. The van der Waals surface area contributed by atoms with Crippen molar-refractivity contribution in [1.82, 2.24) is 0 Å². The van der Waals surface area contributed by atoms with Crippen LogP contribution in [0.4, 0.5) is 0 Å². The molecule has 29 heavy (non-hydrogen) atoms. The summed E-state index contributed by atoms with van der Waals surface area (Å²) in [6, 6.07) is 0. The largest absolute Gasteiger partial charge is 1.00 e. The lowest BCUT2D eigenvalue weighted by atomic mass is 9.91. The van der Waals surface area contributed by atoms with Crippen molar-refractivity contribution in [2.45, 2.75) is 41.5 Å². The van der Waals surface area contributed by atoms with Gasteiger partial charge in [0, 0.05) is 5.57 Å². The van der Waals surface area contributed by atoms with Crippen LogP contribution < -0.4 is 12.4 Å². The normalized spacial score (nSPS) is 10.7. The van der Waals surface area contributed by atoms with Crippen molar-refractivity contribution in [1.29, 1.82) is 0 Å². The van der Waals surface area contributed by atoms with Crippen LogP contribution in [0.1, 0.15) is 41.5 Å². The van der Waals surface area contributed by atoms with E-state index < -0.39 is 0 Å². The summed E-state index contributed by atoms with van der Waals surface area (Å²) >= 11 is 0. The number of likely N-dealkylation sites (N-methyl/N-ethyl adjacent to an activating group) is 2. The third-order valence-electron chi connectivity index (χ3n) is 3.78. The molecule has 0 saturated heterocycles. The topological polar surface area (TPSA) is 84.1 Å². The molecule has 0 aromatic rings. The third-order valence-corrected chi connectivity index (χ3v) is 3.78. The minimum atomic E-state index is -0.342. The molecule has 0 atom stereocenters. The summed E-state index contributed by atoms with van der Waals surface area (Å²) in [5, 5.41) is 0. The fraction of sp³-hybridized carbons (Fsp3) is 0.810. The molecule has 8 heteroatoms. The van der Waals surface area contributed by atoms with E-state index in [9.17, 15) is 9.59 Å². The van der Waals surface area contributed by atoms with E-state index in [4.69, 9.17) is 9.47 Å². The monoisotopic (exact) mass is 443 g/mol. The van der Waals surface area contributed by atoms with Gasteiger partial charge in [-0.25, -0.2) is 4.79 Å². The Morgan fingerprint density at radius 1 is 0.897 bits per heavy atom. The minimum absolute atomic E-state index is 0. The molecule has 0 saturated carbocycles. The van der Waals surface area contributed by atoms with Crippen LogP contribution in [0.5, 0.6) is 0 Å². The second kappa shape index (κ2) is 16.6. The molecule has 0 radical (unpaired) electrons.